The Labute approximate surface area is 117 Å². The molecule has 0 aromatic carbocycles. The zero-order valence-corrected chi connectivity index (χ0v) is 12.2. The molecule has 5 nitrogen and oxygen atoms in total. The molecule has 3 rings (SSSR count). The Kier molecular flexibility index (Phi) is 3.28. The van der Waals surface area contributed by atoms with E-state index in [1.807, 2.05) is 24.0 Å². The lowest BCUT2D eigenvalue weighted by atomic mass is 9.99. The maximum Gasteiger partial charge on any atom is 0.185 e. The molecule has 102 valence electrons. The van der Waals surface area contributed by atoms with Crippen molar-refractivity contribution in [2.45, 2.75) is 31.8 Å². The number of hydrogen-bond acceptors (Lipinski definition) is 5. The zero-order valence-electron chi connectivity index (χ0n) is 11.3. The SMILES string of the molecule is CN(Cc1nccn1C)c1nc2c(s1)CCCC2N. The van der Waals surface area contributed by atoms with Gasteiger partial charge < -0.3 is 15.2 Å². The van der Waals surface area contributed by atoms with Crippen molar-refractivity contribution in [1.29, 1.82) is 0 Å². The summed E-state index contributed by atoms with van der Waals surface area (Å²) in [4.78, 5) is 12.6. The summed E-state index contributed by atoms with van der Waals surface area (Å²) in [5.74, 6) is 1.04. The Hall–Kier alpha value is -1.40. The van der Waals surface area contributed by atoms with Gasteiger partial charge >= 0.3 is 0 Å². The molecule has 2 N–H and O–H groups in total. The maximum atomic E-state index is 6.13. The van der Waals surface area contributed by atoms with Crippen LogP contribution in [0, 0.1) is 0 Å². The number of thiazole rings is 1. The van der Waals surface area contributed by atoms with Gasteiger partial charge in [0, 0.05) is 37.4 Å². The molecule has 2 aromatic heterocycles. The normalized spacial score (nSPS) is 18.4. The molecule has 0 aliphatic heterocycles. The van der Waals surface area contributed by atoms with Crippen molar-refractivity contribution in [3.8, 4) is 0 Å². The van der Waals surface area contributed by atoms with Crippen LogP contribution < -0.4 is 10.6 Å². The molecule has 2 heterocycles. The first-order valence-electron chi connectivity index (χ1n) is 6.57. The molecule has 0 saturated carbocycles. The fraction of sp³-hybridized carbons (Fsp3) is 0.538. The third-order valence-electron chi connectivity index (χ3n) is 3.61. The summed E-state index contributed by atoms with van der Waals surface area (Å²) in [6.45, 7) is 0.769. The lowest BCUT2D eigenvalue weighted by Gasteiger charge is -2.16. The van der Waals surface area contributed by atoms with E-state index in [0.29, 0.717) is 0 Å². The van der Waals surface area contributed by atoms with Crippen LogP contribution in [0.15, 0.2) is 12.4 Å². The minimum atomic E-state index is 0.121. The van der Waals surface area contributed by atoms with E-state index in [1.165, 1.54) is 11.3 Å². The molecular formula is C13H19N5S. The quantitative estimate of drug-likeness (QED) is 0.930. The number of nitrogens with zero attached hydrogens (tertiary/aromatic N) is 4. The summed E-state index contributed by atoms with van der Waals surface area (Å²) in [5.41, 5.74) is 7.24. The highest BCUT2D eigenvalue weighted by Crippen LogP contribution is 2.35. The smallest absolute Gasteiger partial charge is 0.185 e. The third kappa shape index (κ3) is 2.37. The van der Waals surface area contributed by atoms with Crippen LogP contribution in [0.3, 0.4) is 0 Å². The van der Waals surface area contributed by atoms with E-state index in [1.54, 1.807) is 11.3 Å². The van der Waals surface area contributed by atoms with Crippen LogP contribution in [-0.2, 0) is 20.0 Å². The average Bonchev–Trinajstić information content (AvgIpc) is 2.97. The van der Waals surface area contributed by atoms with Crippen molar-refractivity contribution < 1.29 is 0 Å². The van der Waals surface area contributed by atoms with Crippen LogP contribution in [0.1, 0.15) is 35.3 Å². The molecule has 1 unspecified atom stereocenters. The Bertz CT molecular complexity index is 573. The topological polar surface area (TPSA) is 60.0 Å². The van der Waals surface area contributed by atoms with E-state index in [2.05, 4.69) is 16.9 Å². The van der Waals surface area contributed by atoms with Crippen molar-refractivity contribution in [3.63, 3.8) is 0 Å². The number of aryl methyl sites for hydroxylation is 2. The molecule has 0 bridgehead atoms. The predicted octanol–water partition coefficient (Wildman–Crippen LogP) is 1.85. The van der Waals surface area contributed by atoms with Crippen molar-refractivity contribution >= 4 is 16.5 Å². The first-order chi connectivity index (χ1) is 9.15. The number of aromatic nitrogens is 3. The molecule has 0 amide bonds. The van der Waals surface area contributed by atoms with Gasteiger partial charge in [-0.05, 0) is 19.3 Å². The van der Waals surface area contributed by atoms with Gasteiger partial charge in [0.25, 0.3) is 0 Å². The summed E-state index contributed by atoms with van der Waals surface area (Å²) >= 11 is 1.77. The first-order valence-corrected chi connectivity index (χ1v) is 7.39. The molecule has 0 radical (unpaired) electrons. The average molecular weight is 277 g/mol. The second kappa shape index (κ2) is 4.94. The molecule has 1 aliphatic rings. The molecular weight excluding hydrogens is 258 g/mol. The van der Waals surface area contributed by atoms with E-state index in [4.69, 9.17) is 10.7 Å². The molecule has 1 atom stereocenters. The number of nitrogens with two attached hydrogens (primary N) is 1. The number of rotatable bonds is 3. The summed E-state index contributed by atoms with van der Waals surface area (Å²) in [7, 11) is 4.07. The molecule has 0 fully saturated rings. The molecule has 2 aromatic rings. The van der Waals surface area contributed by atoms with Crippen LogP contribution in [0.25, 0.3) is 0 Å². The largest absolute Gasteiger partial charge is 0.344 e. The van der Waals surface area contributed by atoms with E-state index in [-0.39, 0.29) is 6.04 Å². The van der Waals surface area contributed by atoms with Gasteiger partial charge in [0.1, 0.15) is 5.82 Å². The minimum absolute atomic E-state index is 0.121. The Morgan fingerprint density at radius 3 is 3.11 bits per heavy atom. The lowest BCUT2D eigenvalue weighted by Crippen LogP contribution is -2.19. The van der Waals surface area contributed by atoms with Gasteiger partial charge in [0.15, 0.2) is 5.13 Å². The van der Waals surface area contributed by atoms with Crippen LogP contribution >= 0.6 is 11.3 Å². The maximum absolute atomic E-state index is 6.13. The van der Waals surface area contributed by atoms with E-state index >= 15 is 0 Å². The Morgan fingerprint density at radius 2 is 2.42 bits per heavy atom. The highest BCUT2D eigenvalue weighted by molar-refractivity contribution is 7.15. The van der Waals surface area contributed by atoms with Gasteiger partial charge in [0.2, 0.25) is 0 Å². The van der Waals surface area contributed by atoms with Gasteiger partial charge in [-0.25, -0.2) is 9.97 Å². The highest BCUT2D eigenvalue weighted by Gasteiger charge is 2.23. The molecule has 0 saturated heterocycles. The van der Waals surface area contributed by atoms with Crippen molar-refractivity contribution in [3.05, 3.63) is 28.8 Å². The van der Waals surface area contributed by atoms with Crippen molar-refractivity contribution in [2.75, 3.05) is 11.9 Å². The fourth-order valence-corrected chi connectivity index (χ4v) is 3.56. The van der Waals surface area contributed by atoms with E-state index in [0.717, 1.165) is 36.0 Å². The fourth-order valence-electron chi connectivity index (χ4n) is 2.43. The van der Waals surface area contributed by atoms with E-state index < -0.39 is 0 Å². The molecule has 0 spiro atoms. The molecule has 6 heteroatoms. The lowest BCUT2D eigenvalue weighted by molar-refractivity contribution is 0.563. The van der Waals surface area contributed by atoms with Gasteiger partial charge in [-0.3, -0.25) is 0 Å². The van der Waals surface area contributed by atoms with Crippen LogP contribution in [0.2, 0.25) is 0 Å². The third-order valence-corrected chi connectivity index (χ3v) is 4.86. The Balaban J connectivity index is 1.81. The molecule has 19 heavy (non-hydrogen) atoms. The van der Waals surface area contributed by atoms with Crippen LogP contribution in [0.4, 0.5) is 5.13 Å². The minimum Gasteiger partial charge on any atom is -0.344 e. The second-order valence-corrected chi connectivity index (χ2v) is 6.18. The van der Waals surface area contributed by atoms with Gasteiger partial charge in [0.05, 0.1) is 12.2 Å². The van der Waals surface area contributed by atoms with Crippen molar-refractivity contribution in [2.24, 2.45) is 12.8 Å². The Morgan fingerprint density at radius 1 is 1.58 bits per heavy atom. The summed E-state index contributed by atoms with van der Waals surface area (Å²) < 4.78 is 2.04. The number of imidazole rings is 1. The number of anilines is 1. The summed E-state index contributed by atoms with van der Waals surface area (Å²) in [6.07, 6.45) is 7.15. The van der Waals surface area contributed by atoms with Gasteiger partial charge in [-0.2, -0.15) is 0 Å². The number of fused-ring (bicyclic) bond motifs is 1. The summed E-state index contributed by atoms with van der Waals surface area (Å²) in [5, 5.41) is 1.05. The highest BCUT2D eigenvalue weighted by atomic mass is 32.1. The second-order valence-electron chi connectivity index (χ2n) is 5.11. The molecule has 1 aliphatic carbocycles. The van der Waals surface area contributed by atoms with Crippen molar-refractivity contribution in [1.82, 2.24) is 14.5 Å². The first kappa shape index (κ1) is 12.6. The summed E-state index contributed by atoms with van der Waals surface area (Å²) in [6, 6.07) is 0.121. The monoisotopic (exact) mass is 277 g/mol. The number of hydrogen-bond donors (Lipinski definition) is 1. The van der Waals surface area contributed by atoms with Crippen LogP contribution in [-0.4, -0.2) is 21.6 Å². The van der Waals surface area contributed by atoms with Crippen LogP contribution in [0.5, 0.6) is 0 Å². The predicted molar refractivity (Wildman–Crippen MR) is 77.3 cm³/mol. The standard InChI is InChI=1S/C13H19N5S/c1-17-7-6-15-11(17)8-18(2)13-16-12-9(14)4-3-5-10(12)19-13/h6-7,9H,3-5,8,14H2,1-2H3. The van der Waals surface area contributed by atoms with E-state index in [9.17, 15) is 0 Å². The zero-order chi connectivity index (χ0) is 13.4. The van der Waals surface area contributed by atoms with Gasteiger partial charge in [-0.1, -0.05) is 0 Å². The van der Waals surface area contributed by atoms with Gasteiger partial charge in [-0.15, -0.1) is 11.3 Å².